The Kier molecular flexibility index (Phi) is 6.80. The minimum absolute atomic E-state index is 0.0291. The summed E-state index contributed by atoms with van der Waals surface area (Å²) in [5, 5.41) is 2.98. The Bertz CT molecular complexity index is 267. The van der Waals surface area contributed by atoms with Crippen molar-refractivity contribution in [3.63, 3.8) is 0 Å². The van der Waals surface area contributed by atoms with E-state index in [9.17, 15) is 4.79 Å². The number of hydrogen-bond acceptors (Lipinski definition) is 3. The Balaban J connectivity index is 2.03. The Morgan fingerprint density at radius 1 is 1.32 bits per heavy atom. The molecule has 3 N–H and O–H groups in total. The van der Waals surface area contributed by atoms with E-state index in [2.05, 4.69) is 31.0 Å². The molecule has 4 nitrogen and oxygen atoms in total. The van der Waals surface area contributed by atoms with E-state index < -0.39 is 0 Å². The average molecular weight is 269 g/mol. The van der Waals surface area contributed by atoms with E-state index >= 15 is 0 Å². The van der Waals surface area contributed by atoms with Crippen molar-refractivity contribution in [3.05, 3.63) is 0 Å². The fourth-order valence-corrected chi connectivity index (χ4v) is 2.71. The zero-order valence-corrected chi connectivity index (χ0v) is 12.9. The summed E-state index contributed by atoms with van der Waals surface area (Å²) in [5.74, 6) is 0.0955. The zero-order valence-electron chi connectivity index (χ0n) is 12.9. The van der Waals surface area contributed by atoms with Crippen LogP contribution in [0.5, 0.6) is 0 Å². The topological polar surface area (TPSA) is 58.4 Å². The van der Waals surface area contributed by atoms with E-state index in [0.29, 0.717) is 6.42 Å². The Labute approximate surface area is 118 Å². The number of amides is 1. The Morgan fingerprint density at radius 3 is 2.53 bits per heavy atom. The van der Waals surface area contributed by atoms with Gasteiger partial charge in [0, 0.05) is 19.0 Å². The van der Waals surface area contributed by atoms with Gasteiger partial charge in [-0.3, -0.25) is 4.79 Å². The molecule has 1 saturated heterocycles. The van der Waals surface area contributed by atoms with Crippen molar-refractivity contribution in [1.29, 1.82) is 0 Å². The summed E-state index contributed by atoms with van der Waals surface area (Å²) >= 11 is 0. The number of carbonyl (C=O) groups is 1. The van der Waals surface area contributed by atoms with E-state index in [1.165, 1.54) is 25.9 Å². The molecule has 1 aliphatic rings. The van der Waals surface area contributed by atoms with Gasteiger partial charge in [0.1, 0.15) is 0 Å². The number of nitrogens with one attached hydrogen (secondary N) is 1. The predicted molar refractivity (Wildman–Crippen MR) is 80.0 cm³/mol. The van der Waals surface area contributed by atoms with Crippen LogP contribution in [0, 0.1) is 5.41 Å². The average Bonchev–Trinajstić information content (AvgIpc) is 2.74. The van der Waals surface area contributed by atoms with Gasteiger partial charge in [0.2, 0.25) is 5.91 Å². The summed E-state index contributed by atoms with van der Waals surface area (Å²) in [6, 6.07) is -0.0291. The Hall–Kier alpha value is -0.610. The SMILES string of the molecule is CC(C)(C)CC(N)CC(=O)NCCCN1CCCC1. The van der Waals surface area contributed by atoms with E-state index in [4.69, 9.17) is 5.73 Å². The minimum atomic E-state index is -0.0291. The highest BCUT2D eigenvalue weighted by atomic mass is 16.1. The quantitative estimate of drug-likeness (QED) is 0.692. The molecule has 19 heavy (non-hydrogen) atoms. The number of carbonyl (C=O) groups excluding carboxylic acids is 1. The maximum Gasteiger partial charge on any atom is 0.221 e. The van der Waals surface area contributed by atoms with Gasteiger partial charge >= 0.3 is 0 Å². The van der Waals surface area contributed by atoms with Crippen molar-refractivity contribution in [3.8, 4) is 0 Å². The van der Waals surface area contributed by atoms with E-state index in [0.717, 1.165) is 25.9 Å². The van der Waals surface area contributed by atoms with Gasteiger partial charge in [0.25, 0.3) is 0 Å². The van der Waals surface area contributed by atoms with Crippen LogP contribution in [0.15, 0.2) is 0 Å². The lowest BCUT2D eigenvalue weighted by molar-refractivity contribution is -0.121. The third kappa shape index (κ3) is 8.22. The fourth-order valence-electron chi connectivity index (χ4n) is 2.71. The maximum absolute atomic E-state index is 11.7. The first kappa shape index (κ1) is 16.4. The summed E-state index contributed by atoms with van der Waals surface area (Å²) in [5.41, 5.74) is 6.19. The molecule has 0 aromatic rings. The molecule has 0 aliphatic carbocycles. The molecule has 1 rings (SSSR count). The summed E-state index contributed by atoms with van der Waals surface area (Å²) in [7, 11) is 0. The molecule has 4 heteroatoms. The smallest absolute Gasteiger partial charge is 0.221 e. The zero-order chi connectivity index (χ0) is 14.3. The van der Waals surface area contributed by atoms with E-state index in [1.54, 1.807) is 0 Å². The van der Waals surface area contributed by atoms with Gasteiger partial charge in [-0.2, -0.15) is 0 Å². The maximum atomic E-state index is 11.7. The van der Waals surface area contributed by atoms with Gasteiger partial charge in [0.15, 0.2) is 0 Å². The van der Waals surface area contributed by atoms with E-state index in [-0.39, 0.29) is 17.4 Å². The molecule has 1 unspecified atom stereocenters. The van der Waals surface area contributed by atoms with Crippen LogP contribution in [0.1, 0.15) is 52.9 Å². The molecule has 0 aromatic carbocycles. The minimum Gasteiger partial charge on any atom is -0.356 e. The highest BCUT2D eigenvalue weighted by Crippen LogP contribution is 2.20. The highest BCUT2D eigenvalue weighted by Gasteiger charge is 2.18. The highest BCUT2D eigenvalue weighted by molar-refractivity contribution is 5.76. The van der Waals surface area contributed by atoms with Crippen molar-refractivity contribution < 1.29 is 4.79 Å². The first-order valence-corrected chi connectivity index (χ1v) is 7.61. The van der Waals surface area contributed by atoms with Crippen LogP contribution < -0.4 is 11.1 Å². The van der Waals surface area contributed by atoms with Gasteiger partial charge in [-0.1, -0.05) is 20.8 Å². The third-order valence-electron chi connectivity index (χ3n) is 3.49. The molecule has 1 heterocycles. The molecule has 0 bridgehead atoms. The molecular weight excluding hydrogens is 238 g/mol. The third-order valence-corrected chi connectivity index (χ3v) is 3.49. The molecule has 0 saturated carbocycles. The number of nitrogens with two attached hydrogens (primary N) is 1. The Morgan fingerprint density at radius 2 is 1.95 bits per heavy atom. The van der Waals surface area contributed by atoms with Crippen molar-refractivity contribution in [2.24, 2.45) is 11.1 Å². The van der Waals surface area contributed by atoms with E-state index in [1.807, 2.05) is 0 Å². The number of rotatable bonds is 7. The monoisotopic (exact) mass is 269 g/mol. The van der Waals surface area contributed by atoms with Gasteiger partial charge in [-0.25, -0.2) is 0 Å². The lowest BCUT2D eigenvalue weighted by atomic mass is 9.87. The first-order chi connectivity index (χ1) is 8.87. The molecular formula is C15H31N3O. The van der Waals surface area contributed by atoms with Crippen molar-refractivity contribution in [2.45, 2.75) is 58.9 Å². The lowest BCUT2D eigenvalue weighted by Crippen LogP contribution is -2.35. The predicted octanol–water partition coefficient (Wildman–Crippen LogP) is 1.74. The molecule has 1 amide bonds. The van der Waals surface area contributed by atoms with Crippen LogP contribution in [0.4, 0.5) is 0 Å². The summed E-state index contributed by atoms with van der Waals surface area (Å²) < 4.78 is 0. The van der Waals surface area contributed by atoms with Gasteiger partial charge in [-0.15, -0.1) is 0 Å². The summed E-state index contributed by atoms with van der Waals surface area (Å²) in [6.07, 6.45) is 5.03. The van der Waals surface area contributed by atoms with Crippen LogP contribution in [0.25, 0.3) is 0 Å². The molecule has 1 fully saturated rings. The second-order valence-electron chi connectivity index (χ2n) is 6.98. The molecule has 0 radical (unpaired) electrons. The number of likely N-dealkylation sites (tertiary alicyclic amines) is 1. The first-order valence-electron chi connectivity index (χ1n) is 7.61. The lowest BCUT2D eigenvalue weighted by Gasteiger charge is -2.22. The number of hydrogen-bond donors (Lipinski definition) is 2. The van der Waals surface area contributed by atoms with Crippen LogP contribution in [0.2, 0.25) is 0 Å². The number of nitrogens with zero attached hydrogens (tertiary/aromatic N) is 1. The molecule has 0 aromatic heterocycles. The summed E-state index contributed by atoms with van der Waals surface area (Å²) in [4.78, 5) is 14.2. The van der Waals surface area contributed by atoms with Gasteiger partial charge in [-0.05, 0) is 50.7 Å². The normalized spacial score (nSPS) is 18.5. The van der Waals surface area contributed by atoms with Gasteiger partial charge in [0.05, 0.1) is 0 Å². The van der Waals surface area contributed by atoms with Crippen LogP contribution in [0.3, 0.4) is 0 Å². The largest absolute Gasteiger partial charge is 0.356 e. The van der Waals surface area contributed by atoms with Gasteiger partial charge < -0.3 is 16.0 Å². The summed E-state index contributed by atoms with van der Waals surface area (Å²) in [6.45, 7) is 10.8. The van der Waals surface area contributed by atoms with Crippen LogP contribution in [-0.2, 0) is 4.79 Å². The second kappa shape index (κ2) is 7.85. The molecule has 0 spiro atoms. The van der Waals surface area contributed by atoms with Crippen LogP contribution in [-0.4, -0.2) is 43.0 Å². The second-order valence-corrected chi connectivity index (χ2v) is 6.98. The van der Waals surface area contributed by atoms with Crippen molar-refractivity contribution >= 4 is 5.91 Å². The molecule has 1 atom stereocenters. The van der Waals surface area contributed by atoms with Crippen molar-refractivity contribution in [2.75, 3.05) is 26.2 Å². The standard InChI is InChI=1S/C15H31N3O/c1-15(2,3)12-13(16)11-14(19)17-7-6-10-18-8-4-5-9-18/h13H,4-12,16H2,1-3H3,(H,17,19). The molecule has 1 aliphatic heterocycles. The molecule has 112 valence electrons. The van der Waals surface area contributed by atoms with Crippen LogP contribution >= 0.6 is 0 Å². The fraction of sp³-hybridized carbons (Fsp3) is 0.933. The van der Waals surface area contributed by atoms with Crippen molar-refractivity contribution in [1.82, 2.24) is 10.2 Å².